The summed E-state index contributed by atoms with van der Waals surface area (Å²) in [5.41, 5.74) is 10.2. The van der Waals surface area contributed by atoms with E-state index in [2.05, 4.69) is 15.5 Å². The summed E-state index contributed by atoms with van der Waals surface area (Å²) in [7, 11) is 0. The van der Waals surface area contributed by atoms with Gasteiger partial charge < -0.3 is 27.9 Å². The van der Waals surface area contributed by atoms with Gasteiger partial charge in [0.25, 0.3) is 5.22 Å². The molecule has 0 radical (unpaired) electrons. The van der Waals surface area contributed by atoms with Crippen LogP contribution in [0.5, 0.6) is 0 Å². The number of nitrogens with one attached hydrogen (secondary N) is 1. The molecule has 2 aromatic carbocycles. The van der Waals surface area contributed by atoms with E-state index in [1.807, 2.05) is 62.4 Å². The van der Waals surface area contributed by atoms with Crippen molar-refractivity contribution in [2.75, 3.05) is 11.1 Å². The first kappa shape index (κ1) is 21.9. The van der Waals surface area contributed by atoms with Gasteiger partial charge in [-0.3, -0.25) is 4.79 Å². The topological polar surface area (TPSA) is 94.0 Å². The van der Waals surface area contributed by atoms with E-state index in [1.165, 1.54) is 11.8 Å². The van der Waals surface area contributed by atoms with Gasteiger partial charge in [0.1, 0.15) is 0 Å². The summed E-state index contributed by atoms with van der Waals surface area (Å²) in [6.45, 7) is 3.95. The van der Waals surface area contributed by atoms with Crippen molar-refractivity contribution < 1.29 is 21.6 Å². The van der Waals surface area contributed by atoms with Crippen LogP contribution in [0.3, 0.4) is 0 Å². The number of amides is 1. The Morgan fingerprint density at radius 2 is 1.93 bits per heavy atom. The first-order chi connectivity index (χ1) is 13.0. The molecular weight excluding hydrogens is 396 g/mol. The summed E-state index contributed by atoms with van der Waals surface area (Å²) < 4.78 is 5.60. The number of nitrogens with zero attached hydrogens (tertiary/aromatic N) is 2. The SMILES string of the molecule is Cc1ccc(C)c(NC(=O)CSc2nnc([C@@H](N)Cc3ccccc3)o2)c1.[Cl-]. The highest BCUT2D eigenvalue weighted by atomic mass is 35.5. The number of rotatable bonds is 7. The molecule has 148 valence electrons. The molecule has 0 aliphatic rings. The number of aryl methyl sites for hydroxylation is 2. The largest absolute Gasteiger partial charge is 1.00 e. The van der Waals surface area contributed by atoms with Gasteiger partial charge in [-0.2, -0.15) is 0 Å². The highest BCUT2D eigenvalue weighted by molar-refractivity contribution is 7.99. The molecule has 1 aromatic heterocycles. The molecular formula is C20H22ClN4O2S-. The van der Waals surface area contributed by atoms with Crippen molar-refractivity contribution in [3.05, 3.63) is 71.1 Å². The minimum Gasteiger partial charge on any atom is -1.00 e. The van der Waals surface area contributed by atoms with Crippen LogP contribution in [0.2, 0.25) is 0 Å². The highest BCUT2D eigenvalue weighted by Crippen LogP contribution is 2.22. The summed E-state index contributed by atoms with van der Waals surface area (Å²) in [4.78, 5) is 12.2. The van der Waals surface area contributed by atoms with Crippen LogP contribution in [0.4, 0.5) is 5.69 Å². The first-order valence-electron chi connectivity index (χ1n) is 8.64. The van der Waals surface area contributed by atoms with Crippen molar-refractivity contribution in [3.63, 3.8) is 0 Å². The Kier molecular flexibility index (Phi) is 8.04. The Labute approximate surface area is 174 Å². The zero-order valence-electron chi connectivity index (χ0n) is 15.7. The molecule has 8 heteroatoms. The lowest BCUT2D eigenvalue weighted by Gasteiger charge is -2.08. The molecule has 0 spiro atoms. The van der Waals surface area contributed by atoms with E-state index in [9.17, 15) is 4.79 Å². The van der Waals surface area contributed by atoms with Gasteiger partial charge in [0.2, 0.25) is 11.8 Å². The van der Waals surface area contributed by atoms with Gasteiger partial charge in [-0.15, -0.1) is 10.2 Å². The number of aromatic nitrogens is 2. The molecule has 0 bridgehead atoms. The second kappa shape index (κ2) is 10.3. The molecule has 0 saturated carbocycles. The number of halogens is 1. The van der Waals surface area contributed by atoms with Crippen molar-refractivity contribution in [1.29, 1.82) is 0 Å². The quantitative estimate of drug-likeness (QED) is 0.548. The van der Waals surface area contributed by atoms with Crippen LogP contribution in [0.25, 0.3) is 0 Å². The van der Waals surface area contributed by atoms with Crippen LogP contribution < -0.4 is 23.5 Å². The summed E-state index contributed by atoms with van der Waals surface area (Å²) in [6.07, 6.45) is 0.611. The predicted molar refractivity (Wildman–Crippen MR) is 107 cm³/mol. The van der Waals surface area contributed by atoms with Crippen molar-refractivity contribution >= 4 is 23.4 Å². The Hall–Kier alpha value is -2.35. The molecule has 0 unspecified atom stereocenters. The van der Waals surface area contributed by atoms with Crippen LogP contribution in [0, 0.1) is 13.8 Å². The fraction of sp³-hybridized carbons (Fsp3) is 0.250. The van der Waals surface area contributed by atoms with E-state index in [0.29, 0.717) is 17.5 Å². The summed E-state index contributed by atoms with van der Waals surface area (Å²) >= 11 is 1.19. The van der Waals surface area contributed by atoms with Crippen molar-refractivity contribution in [2.24, 2.45) is 5.73 Å². The minimum atomic E-state index is -0.377. The predicted octanol–water partition coefficient (Wildman–Crippen LogP) is 0.664. The molecule has 6 nitrogen and oxygen atoms in total. The Balaban J connectivity index is 0.00000280. The molecule has 3 aromatic rings. The lowest BCUT2D eigenvalue weighted by Crippen LogP contribution is -3.00. The van der Waals surface area contributed by atoms with E-state index in [-0.39, 0.29) is 30.1 Å². The van der Waals surface area contributed by atoms with Gasteiger partial charge in [0.05, 0.1) is 11.8 Å². The number of anilines is 1. The van der Waals surface area contributed by atoms with Gasteiger partial charge in [-0.1, -0.05) is 54.2 Å². The van der Waals surface area contributed by atoms with Gasteiger partial charge >= 0.3 is 0 Å². The fourth-order valence-electron chi connectivity index (χ4n) is 2.57. The van der Waals surface area contributed by atoms with Gasteiger partial charge in [-0.25, -0.2) is 0 Å². The second-order valence-electron chi connectivity index (χ2n) is 6.36. The van der Waals surface area contributed by atoms with Gasteiger partial charge in [0.15, 0.2) is 0 Å². The average molecular weight is 418 g/mol. The molecule has 0 aliphatic carbocycles. The Morgan fingerprint density at radius 3 is 2.68 bits per heavy atom. The zero-order valence-corrected chi connectivity index (χ0v) is 17.3. The molecule has 1 amide bonds. The fourth-order valence-corrected chi connectivity index (χ4v) is 3.14. The third-order valence-corrected chi connectivity index (χ3v) is 4.85. The number of carbonyl (C=O) groups is 1. The molecule has 28 heavy (non-hydrogen) atoms. The summed E-state index contributed by atoms with van der Waals surface area (Å²) in [5.74, 6) is 0.432. The number of hydrogen-bond donors (Lipinski definition) is 2. The number of carbonyl (C=O) groups excluding carboxylic acids is 1. The monoisotopic (exact) mass is 417 g/mol. The maximum atomic E-state index is 12.2. The van der Waals surface area contributed by atoms with Crippen molar-refractivity contribution in [2.45, 2.75) is 31.5 Å². The zero-order chi connectivity index (χ0) is 19.2. The summed E-state index contributed by atoms with van der Waals surface area (Å²) in [6, 6.07) is 15.5. The molecule has 3 N–H and O–H groups in total. The van der Waals surface area contributed by atoms with E-state index >= 15 is 0 Å². The smallest absolute Gasteiger partial charge is 0.277 e. The van der Waals surface area contributed by atoms with E-state index in [1.54, 1.807) is 0 Å². The van der Waals surface area contributed by atoms with E-state index < -0.39 is 0 Å². The lowest BCUT2D eigenvalue weighted by atomic mass is 10.1. The number of benzene rings is 2. The number of hydrogen-bond acceptors (Lipinski definition) is 6. The lowest BCUT2D eigenvalue weighted by molar-refractivity contribution is -0.113. The van der Waals surface area contributed by atoms with E-state index in [0.717, 1.165) is 22.4 Å². The average Bonchev–Trinajstić information content (AvgIpc) is 3.13. The van der Waals surface area contributed by atoms with Gasteiger partial charge in [0, 0.05) is 5.69 Å². The maximum Gasteiger partial charge on any atom is 0.277 e. The van der Waals surface area contributed by atoms with Crippen LogP contribution >= 0.6 is 11.8 Å². The first-order valence-corrected chi connectivity index (χ1v) is 9.62. The molecule has 1 heterocycles. The summed E-state index contributed by atoms with van der Waals surface area (Å²) in [5, 5.41) is 11.2. The minimum absolute atomic E-state index is 0. The standard InChI is InChI=1S/C20H22N4O2S.ClH/c1-13-8-9-14(2)17(10-13)22-18(25)12-27-20-24-23-19(26-20)16(21)11-15-6-4-3-5-7-15;/h3-10,16H,11-12,21H2,1-2H3,(H,22,25);1H/p-1/t16-;/m0./s1. The normalized spacial score (nSPS) is 11.5. The molecule has 0 fully saturated rings. The maximum absolute atomic E-state index is 12.2. The highest BCUT2D eigenvalue weighted by Gasteiger charge is 2.16. The van der Waals surface area contributed by atoms with Crippen LogP contribution in [-0.4, -0.2) is 21.9 Å². The van der Waals surface area contributed by atoms with Crippen molar-refractivity contribution in [1.82, 2.24) is 10.2 Å². The van der Waals surface area contributed by atoms with Crippen LogP contribution in [-0.2, 0) is 11.2 Å². The van der Waals surface area contributed by atoms with Crippen LogP contribution in [0.15, 0.2) is 58.2 Å². The molecule has 0 saturated heterocycles. The second-order valence-corrected chi connectivity index (χ2v) is 7.28. The van der Waals surface area contributed by atoms with Crippen molar-refractivity contribution in [3.8, 4) is 0 Å². The molecule has 0 aliphatic heterocycles. The third kappa shape index (κ3) is 6.09. The number of nitrogens with two attached hydrogens (primary N) is 1. The third-order valence-electron chi connectivity index (χ3n) is 4.03. The molecule has 3 rings (SSSR count). The van der Waals surface area contributed by atoms with Crippen LogP contribution in [0.1, 0.15) is 28.6 Å². The number of thioether (sulfide) groups is 1. The molecule has 1 atom stereocenters. The van der Waals surface area contributed by atoms with Gasteiger partial charge in [-0.05, 0) is 43.0 Å². The van der Waals surface area contributed by atoms with E-state index in [4.69, 9.17) is 10.2 Å². The Bertz CT molecular complexity index is 918. The Morgan fingerprint density at radius 1 is 1.18 bits per heavy atom.